The van der Waals surface area contributed by atoms with Crippen LogP contribution in [0.25, 0.3) is 10.9 Å². The Morgan fingerprint density at radius 3 is 2.67 bits per heavy atom. The van der Waals surface area contributed by atoms with Crippen LogP contribution in [0.4, 0.5) is 11.5 Å². The molecule has 1 aromatic heterocycles. The van der Waals surface area contributed by atoms with Crippen LogP contribution in [-0.4, -0.2) is 22.0 Å². The lowest BCUT2D eigenvalue weighted by atomic mass is 9.88. The van der Waals surface area contributed by atoms with E-state index in [2.05, 4.69) is 31.1 Å². The van der Waals surface area contributed by atoms with Crippen molar-refractivity contribution >= 4 is 22.4 Å². The van der Waals surface area contributed by atoms with Crippen molar-refractivity contribution in [1.29, 1.82) is 0 Å². The van der Waals surface area contributed by atoms with Crippen LogP contribution >= 0.6 is 0 Å². The van der Waals surface area contributed by atoms with Gasteiger partial charge in [-0.05, 0) is 31.0 Å². The normalized spacial score (nSPS) is 14.1. The van der Waals surface area contributed by atoms with E-state index >= 15 is 0 Å². The Kier molecular flexibility index (Phi) is 4.09. The number of anilines is 1. The molecule has 21 heavy (non-hydrogen) atoms. The molecule has 2 aromatic rings. The lowest BCUT2D eigenvalue weighted by Gasteiger charge is -2.34. The maximum Gasteiger partial charge on any atom is 0.270 e. The first-order chi connectivity index (χ1) is 9.85. The lowest BCUT2D eigenvalue weighted by Crippen LogP contribution is -2.47. The van der Waals surface area contributed by atoms with Gasteiger partial charge in [0, 0.05) is 24.1 Å². The van der Waals surface area contributed by atoms with Crippen molar-refractivity contribution in [3.63, 3.8) is 0 Å². The minimum Gasteiger partial charge on any atom is -0.363 e. The highest BCUT2D eigenvalue weighted by atomic mass is 16.6. The molecule has 0 aliphatic carbocycles. The molecule has 0 amide bonds. The summed E-state index contributed by atoms with van der Waals surface area (Å²) in [5.74, 6) is 1.06. The van der Waals surface area contributed by atoms with Gasteiger partial charge in [0.15, 0.2) is 0 Å². The fourth-order valence-electron chi connectivity index (χ4n) is 2.02. The SMILES string of the molecule is CC(C)C(C)(CN)Nc1ccc2cc([N+](=O)[O-])ccc2n1. The van der Waals surface area contributed by atoms with E-state index in [0.717, 1.165) is 11.2 Å². The van der Waals surface area contributed by atoms with Crippen molar-refractivity contribution in [2.75, 3.05) is 11.9 Å². The molecule has 6 nitrogen and oxygen atoms in total. The Morgan fingerprint density at radius 1 is 1.38 bits per heavy atom. The van der Waals surface area contributed by atoms with Gasteiger partial charge < -0.3 is 11.1 Å². The zero-order valence-corrected chi connectivity index (χ0v) is 12.5. The van der Waals surface area contributed by atoms with Gasteiger partial charge in [-0.25, -0.2) is 4.98 Å². The van der Waals surface area contributed by atoms with Crippen molar-refractivity contribution < 1.29 is 4.92 Å². The highest BCUT2D eigenvalue weighted by Gasteiger charge is 2.26. The molecule has 1 atom stereocenters. The van der Waals surface area contributed by atoms with Crippen LogP contribution in [0.1, 0.15) is 20.8 Å². The second-order valence-electron chi connectivity index (χ2n) is 5.73. The van der Waals surface area contributed by atoms with Gasteiger partial charge in [-0.15, -0.1) is 0 Å². The monoisotopic (exact) mass is 288 g/mol. The number of nitrogens with zero attached hydrogens (tertiary/aromatic N) is 2. The molecule has 1 aromatic carbocycles. The first-order valence-corrected chi connectivity index (χ1v) is 6.89. The third kappa shape index (κ3) is 3.11. The van der Waals surface area contributed by atoms with Gasteiger partial charge in [0.1, 0.15) is 5.82 Å². The van der Waals surface area contributed by atoms with Crippen LogP contribution in [-0.2, 0) is 0 Å². The summed E-state index contributed by atoms with van der Waals surface area (Å²) in [5, 5.41) is 14.9. The summed E-state index contributed by atoms with van der Waals surface area (Å²) in [5.41, 5.74) is 6.39. The first kappa shape index (κ1) is 15.2. The van der Waals surface area contributed by atoms with Gasteiger partial charge in [-0.1, -0.05) is 13.8 Å². The number of nitro benzene ring substituents is 1. The van der Waals surface area contributed by atoms with E-state index in [9.17, 15) is 10.1 Å². The molecule has 1 heterocycles. The third-order valence-electron chi connectivity index (χ3n) is 4.00. The van der Waals surface area contributed by atoms with E-state index in [-0.39, 0.29) is 11.2 Å². The molecular formula is C15H20N4O2. The quantitative estimate of drug-likeness (QED) is 0.651. The van der Waals surface area contributed by atoms with E-state index in [1.807, 2.05) is 12.1 Å². The van der Waals surface area contributed by atoms with E-state index in [1.165, 1.54) is 12.1 Å². The number of non-ortho nitro benzene ring substituents is 1. The highest BCUT2D eigenvalue weighted by Crippen LogP contribution is 2.24. The summed E-state index contributed by atoms with van der Waals surface area (Å²) >= 11 is 0. The number of aromatic nitrogens is 1. The zero-order valence-electron chi connectivity index (χ0n) is 12.5. The van der Waals surface area contributed by atoms with Gasteiger partial charge in [-0.3, -0.25) is 10.1 Å². The first-order valence-electron chi connectivity index (χ1n) is 6.89. The molecule has 0 radical (unpaired) electrons. The average molecular weight is 288 g/mol. The topological polar surface area (TPSA) is 94.1 Å². The number of benzene rings is 1. The van der Waals surface area contributed by atoms with Crippen molar-refractivity contribution in [3.05, 3.63) is 40.4 Å². The van der Waals surface area contributed by atoms with Gasteiger partial charge in [0.05, 0.1) is 16.0 Å². The maximum atomic E-state index is 10.8. The van der Waals surface area contributed by atoms with Gasteiger partial charge in [-0.2, -0.15) is 0 Å². The number of hydrogen-bond acceptors (Lipinski definition) is 5. The van der Waals surface area contributed by atoms with Crippen LogP contribution in [0.15, 0.2) is 30.3 Å². The van der Waals surface area contributed by atoms with E-state index < -0.39 is 4.92 Å². The molecule has 0 fully saturated rings. The number of rotatable bonds is 5. The Morgan fingerprint density at radius 2 is 2.10 bits per heavy atom. The van der Waals surface area contributed by atoms with Crippen molar-refractivity contribution in [3.8, 4) is 0 Å². The van der Waals surface area contributed by atoms with Gasteiger partial charge >= 0.3 is 0 Å². The molecule has 6 heteroatoms. The Hall–Kier alpha value is -2.21. The molecule has 0 saturated heterocycles. The van der Waals surface area contributed by atoms with E-state index in [4.69, 9.17) is 5.73 Å². The Bertz CT molecular complexity index is 672. The van der Waals surface area contributed by atoms with Gasteiger partial charge in [0.25, 0.3) is 5.69 Å². The van der Waals surface area contributed by atoms with Crippen LogP contribution in [0.2, 0.25) is 0 Å². The van der Waals surface area contributed by atoms with Crippen LogP contribution in [0, 0.1) is 16.0 Å². The zero-order chi connectivity index (χ0) is 15.6. The van der Waals surface area contributed by atoms with E-state index in [0.29, 0.717) is 18.0 Å². The fraction of sp³-hybridized carbons (Fsp3) is 0.400. The minimum atomic E-state index is -0.407. The summed E-state index contributed by atoms with van der Waals surface area (Å²) in [7, 11) is 0. The molecule has 2 rings (SSSR count). The van der Waals surface area contributed by atoms with Crippen LogP contribution in [0.3, 0.4) is 0 Å². The molecule has 0 saturated carbocycles. The average Bonchev–Trinajstić information content (AvgIpc) is 2.46. The third-order valence-corrected chi connectivity index (χ3v) is 4.00. The predicted molar refractivity (Wildman–Crippen MR) is 84.3 cm³/mol. The molecule has 1 unspecified atom stereocenters. The van der Waals surface area contributed by atoms with Crippen molar-refractivity contribution in [2.24, 2.45) is 11.7 Å². The smallest absolute Gasteiger partial charge is 0.270 e. The number of nitro groups is 1. The second kappa shape index (κ2) is 5.65. The lowest BCUT2D eigenvalue weighted by molar-refractivity contribution is -0.384. The van der Waals surface area contributed by atoms with Gasteiger partial charge in [0.2, 0.25) is 0 Å². The van der Waals surface area contributed by atoms with Crippen molar-refractivity contribution in [2.45, 2.75) is 26.3 Å². The molecule has 112 valence electrons. The second-order valence-corrected chi connectivity index (χ2v) is 5.73. The van der Waals surface area contributed by atoms with Crippen LogP contribution in [0.5, 0.6) is 0 Å². The van der Waals surface area contributed by atoms with Crippen LogP contribution < -0.4 is 11.1 Å². The summed E-state index contributed by atoms with van der Waals surface area (Å²) in [4.78, 5) is 14.9. The number of hydrogen-bond donors (Lipinski definition) is 2. The standard InChI is InChI=1S/C15H20N4O2/c1-10(2)15(3,9-16)18-14-7-4-11-8-12(19(20)21)5-6-13(11)17-14/h4-8,10H,9,16H2,1-3H3,(H,17,18). The minimum absolute atomic E-state index is 0.0685. The predicted octanol–water partition coefficient (Wildman–Crippen LogP) is 2.93. The molecule has 0 spiro atoms. The number of nitrogens with two attached hydrogens (primary N) is 1. The number of nitrogens with one attached hydrogen (secondary N) is 1. The summed E-state index contributed by atoms with van der Waals surface area (Å²) in [6.45, 7) is 6.75. The molecule has 0 bridgehead atoms. The summed E-state index contributed by atoms with van der Waals surface area (Å²) in [6, 6.07) is 8.30. The number of pyridine rings is 1. The summed E-state index contributed by atoms with van der Waals surface area (Å²) in [6.07, 6.45) is 0. The number of fused-ring (bicyclic) bond motifs is 1. The largest absolute Gasteiger partial charge is 0.363 e. The molecule has 0 aliphatic heterocycles. The Balaban J connectivity index is 2.35. The maximum absolute atomic E-state index is 10.8. The highest BCUT2D eigenvalue weighted by molar-refractivity contribution is 5.82. The summed E-state index contributed by atoms with van der Waals surface area (Å²) < 4.78 is 0. The Labute approximate surface area is 123 Å². The molecule has 3 N–H and O–H groups in total. The van der Waals surface area contributed by atoms with E-state index in [1.54, 1.807) is 6.07 Å². The molecular weight excluding hydrogens is 268 g/mol. The molecule has 0 aliphatic rings. The fourth-order valence-corrected chi connectivity index (χ4v) is 2.02. The van der Waals surface area contributed by atoms with Crippen molar-refractivity contribution in [1.82, 2.24) is 4.98 Å².